The van der Waals surface area contributed by atoms with Gasteiger partial charge < -0.3 is 10.1 Å². The van der Waals surface area contributed by atoms with Crippen molar-refractivity contribution in [3.05, 3.63) is 53.6 Å². The maximum Gasteiger partial charge on any atom is 0.337 e. The molecule has 1 aliphatic carbocycles. The maximum absolute atomic E-state index is 12.9. The number of esters is 1. The van der Waals surface area contributed by atoms with Crippen LogP contribution in [0.4, 0.5) is 11.4 Å². The first kappa shape index (κ1) is 17.3. The highest BCUT2D eigenvalue weighted by molar-refractivity contribution is 7.92. The standard InChI is InChI=1S/C18H20N2O4S/c1-12-3-6-15(7-4-12)20-25(22,23)17-11-13(18(21)24-2)5-10-16(17)19-14-8-9-14/h3-7,10-11,14,19-20H,8-9H2,1-2H3. The molecule has 132 valence electrons. The van der Waals surface area contributed by atoms with Crippen molar-refractivity contribution in [2.24, 2.45) is 0 Å². The van der Waals surface area contributed by atoms with Crippen LogP contribution in [0.15, 0.2) is 47.4 Å². The Morgan fingerprint density at radius 1 is 1.12 bits per heavy atom. The average Bonchev–Trinajstić information content (AvgIpc) is 3.40. The maximum atomic E-state index is 12.9. The Morgan fingerprint density at radius 3 is 2.40 bits per heavy atom. The molecule has 7 heteroatoms. The van der Waals surface area contributed by atoms with Crippen LogP contribution in [0.3, 0.4) is 0 Å². The van der Waals surface area contributed by atoms with E-state index in [-0.39, 0.29) is 16.5 Å². The van der Waals surface area contributed by atoms with Crippen LogP contribution in [0.1, 0.15) is 28.8 Å². The van der Waals surface area contributed by atoms with Crippen LogP contribution in [0.2, 0.25) is 0 Å². The van der Waals surface area contributed by atoms with Gasteiger partial charge in [-0.05, 0) is 50.1 Å². The number of hydrogen-bond donors (Lipinski definition) is 2. The third kappa shape index (κ3) is 4.11. The quantitative estimate of drug-likeness (QED) is 0.773. The Morgan fingerprint density at radius 2 is 1.80 bits per heavy atom. The lowest BCUT2D eigenvalue weighted by molar-refractivity contribution is 0.0600. The summed E-state index contributed by atoms with van der Waals surface area (Å²) in [5.74, 6) is -0.579. The zero-order chi connectivity index (χ0) is 18.0. The average molecular weight is 360 g/mol. The van der Waals surface area contributed by atoms with E-state index in [1.54, 1.807) is 24.3 Å². The first-order valence-electron chi connectivity index (χ1n) is 7.97. The van der Waals surface area contributed by atoms with Crippen molar-refractivity contribution in [2.45, 2.75) is 30.7 Å². The Labute approximate surface area is 147 Å². The number of ether oxygens (including phenoxy) is 1. The fourth-order valence-corrected chi connectivity index (χ4v) is 3.64. The zero-order valence-electron chi connectivity index (χ0n) is 14.1. The van der Waals surface area contributed by atoms with Gasteiger partial charge in [-0.25, -0.2) is 13.2 Å². The number of nitrogens with one attached hydrogen (secondary N) is 2. The Kier molecular flexibility index (Phi) is 4.67. The van der Waals surface area contributed by atoms with Crippen LogP contribution < -0.4 is 10.0 Å². The molecule has 0 bridgehead atoms. The number of sulfonamides is 1. The molecule has 25 heavy (non-hydrogen) atoms. The summed E-state index contributed by atoms with van der Waals surface area (Å²) in [6, 6.07) is 11.8. The Balaban J connectivity index is 1.98. The van der Waals surface area contributed by atoms with Gasteiger partial charge in [0.1, 0.15) is 4.90 Å². The summed E-state index contributed by atoms with van der Waals surface area (Å²) in [4.78, 5) is 11.8. The van der Waals surface area contributed by atoms with E-state index in [0.29, 0.717) is 11.4 Å². The van der Waals surface area contributed by atoms with E-state index in [9.17, 15) is 13.2 Å². The van der Waals surface area contributed by atoms with Crippen LogP contribution in [0.5, 0.6) is 0 Å². The Bertz CT molecular complexity index is 888. The molecule has 0 radical (unpaired) electrons. The SMILES string of the molecule is COC(=O)c1ccc(NC2CC2)c(S(=O)(=O)Nc2ccc(C)cc2)c1. The number of benzene rings is 2. The lowest BCUT2D eigenvalue weighted by Gasteiger charge is -2.15. The highest BCUT2D eigenvalue weighted by Gasteiger charge is 2.26. The van der Waals surface area contributed by atoms with Crippen LogP contribution in [0, 0.1) is 6.92 Å². The molecule has 0 spiro atoms. The molecular formula is C18H20N2O4S. The van der Waals surface area contributed by atoms with Crippen molar-refractivity contribution in [1.29, 1.82) is 0 Å². The van der Waals surface area contributed by atoms with Crippen molar-refractivity contribution in [1.82, 2.24) is 0 Å². The number of hydrogen-bond acceptors (Lipinski definition) is 5. The molecule has 1 fully saturated rings. The number of carbonyl (C=O) groups is 1. The summed E-state index contributed by atoms with van der Waals surface area (Å²) in [6.45, 7) is 1.93. The molecule has 2 aromatic carbocycles. The van der Waals surface area contributed by atoms with Crippen LogP contribution >= 0.6 is 0 Å². The van der Waals surface area contributed by atoms with Gasteiger partial charge in [-0.15, -0.1) is 0 Å². The molecule has 0 aromatic heterocycles. The van der Waals surface area contributed by atoms with E-state index in [0.717, 1.165) is 18.4 Å². The summed E-state index contributed by atoms with van der Waals surface area (Å²) < 4.78 is 33.0. The lowest BCUT2D eigenvalue weighted by Crippen LogP contribution is -2.17. The van der Waals surface area contributed by atoms with Gasteiger partial charge in [0.25, 0.3) is 10.0 Å². The summed E-state index contributed by atoms with van der Waals surface area (Å²) in [5, 5.41) is 3.20. The smallest absolute Gasteiger partial charge is 0.337 e. The van der Waals surface area contributed by atoms with E-state index in [1.165, 1.54) is 13.2 Å². The van der Waals surface area contributed by atoms with Crippen molar-refractivity contribution in [3.63, 3.8) is 0 Å². The summed E-state index contributed by atoms with van der Waals surface area (Å²) >= 11 is 0. The highest BCUT2D eigenvalue weighted by atomic mass is 32.2. The van der Waals surface area contributed by atoms with Gasteiger partial charge in [-0.3, -0.25) is 4.72 Å². The molecule has 1 aliphatic rings. The summed E-state index contributed by atoms with van der Waals surface area (Å²) in [5.41, 5.74) is 2.17. The van der Waals surface area contributed by atoms with Crippen LogP contribution in [-0.4, -0.2) is 27.5 Å². The molecule has 3 rings (SSSR count). The first-order chi connectivity index (χ1) is 11.9. The number of carbonyl (C=O) groups excluding carboxylic acids is 1. The third-order valence-corrected chi connectivity index (χ3v) is 5.35. The Hall–Kier alpha value is -2.54. The molecule has 1 saturated carbocycles. The topological polar surface area (TPSA) is 84.5 Å². The minimum atomic E-state index is -3.86. The number of rotatable bonds is 6. The summed E-state index contributed by atoms with van der Waals surface area (Å²) in [6.07, 6.45) is 2.01. The molecule has 0 unspecified atom stereocenters. The fraction of sp³-hybridized carbons (Fsp3) is 0.278. The van der Waals surface area contributed by atoms with Crippen molar-refractivity contribution >= 4 is 27.4 Å². The molecule has 2 aromatic rings. The van der Waals surface area contributed by atoms with Gasteiger partial charge >= 0.3 is 5.97 Å². The van der Waals surface area contributed by atoms with E-state index >= 15 is 0 Å². The minimum absolute atomic E-state index is 0.0304. The molecule has 0 amide bonds. The second kappa shape index (κ2) is 6.76. The molecule has 6 nitrogen and oxygen atoms in total. The molecule has 2 N–H and O–H groups in total. The largest absolute Gasteiger partial charge is 0.465 e. The first-order valence-corrected chi connectivity index (χ1v) is 9.46. The van der Waals surface area contributed by atoms with E-state index in [4.69, 9.17) is 4.74 Å². The van der Waals surface area contributed by atoms with Gasteiger partial charge in [0, 0.05) is 11.7 Å². The molecule has 0 atom stereocenters. The number of anilines is 2. The fourth-order valence-electron chi connectivity index (χ4n) is 2.39. The van der Waals surface area contributed by atoms with Crippen molar-refractivity contribution in [2.75, 3.05) is 17.1 Å². The van der Waals surface area contributed by atoms with E-state index in [2.05, 4.69) is 10.0 Å². The predicted octanol–water partition coefficient (Wildman–Crippen LogP) is 3.16. The lowest BCUT2D eigenvalue weighted by atomic mass is 10.2. The van der Waals surface area contributed by atoms with Crippen LogP contribution in [0.25, 0.3) is 0 Å². The third-order valence-electron chi connectivity index (χ3n) is 3.93. The zero-order valence-corrected chi connectivity index (χ0v) is 14.9. The van der Waals surface area contributed by atoms with E-state index in [1.807, 2.05) is 19.1 Å². The highest BCUT2D eigenvalue weighted by Crippen LogP contribution is 2.31. The van der Waals surface area contributed by atoms with Gasteiger partial charge in [0.2, 0.25) is 0 Å². The van der Waals surface area contributed by atoms with E-state index < -0.39 is 16.0 Å². The monoisotopic (exact) mass is 360 g/mol. The molecular weight excluding hydrogens is 340 g/mol. The van der Waals surface area contributed by atoms with Gasteiger partial charge in [0.15, 0.2) is 0 Å². The van der Waals surface area contributed by atoms with Gasteiger partial charge in [-0.1, -0.05) is 17.7 Å². The predicted molar refractivity (Wildman–Crippen MR) is 96.4 cm³/mol. The van der Waals surface area contributed by atoms with Gasteiger partial charge in [-0.2, -0.15) is 0 Å². The molecule has 0 heterocycles. The van der Waals surface area contributed by atoms with Crippen LogP contribution in [-0.2, 0) is 14.8 Å². The second-order valence-electron chi connectivity index (χ2n) is 6.09. The van der Waals surface area contributed by atoms with Gasteiger partial charge in [0.05, 0.1) is 18.4 Å². The molecule has 0 aliphatic heterocycles. The van der Waals surface area contributed by atoms with Crippen molar-refractivity contribution < 1.29 is 17.9 Å². The summed E-state index contributed by atoms with van der Waals surface area (Å²) in [7, 11) is -2.60. The molecule has 0 saturated heterocycles. The minimum Gasteiger partial charge on any atom is -0.465 e. The number of aryl methyl sites for hydroxylation is 1. The number of methoxy groups -OCH3 is 1. The van der Waals surface area contributed by atoms with Crippen molar-refractivity contribution in [3.8, 4) is 0 Å². The second-order valence-corrected chi connectivity index (χ2v) is 7.74. The normalized spacial score (nSPS) is 14.0.